The summed E-state index contributed by atoms with van der Waals surface area (Å²) < 4.78 is 11.9. The Morgan fingerprint density at radius 1 is 1.17 bits per heavy atom. The molecule has 0 aromatic heterocycles. The number of rotatable bonds is 7. The van der Waals surface area contributed by atoms with Gasteiger partial charge >= 0.3 is 0 Å². The molecule has 1 N–H and O–H groups in total. The second kappa shape index (κ2) is 8.94. The fourth-order valence-corrected chi connectivity index (χ4v) is 2.56. The van der Waals surface area contributed by atoms with Crippen LogP contribution in [0.5, 0.6) is 11.5 Å². The highest BCUT2D eigenvalue weighted by molar-refractivity contribution is 9.10. The summed E-state index contributed by atoms with van der Waals surface area (Å²) in [5.74, 6) is 1.45. The van der Waals surface area contributed by atoms with Crippen molar-refractivity contribution in [1.82, 2.24) is 0 Å². The van der Waals surface area contributed by atoms with E-state index >= 15 is 0 Å². The van der Waals surface area contributed by atoms with Crippen molar-refractivity contribution in [2.45, 2.75) is 13.8 Å². The summed E-state index contributed by atoms with van der Waals surface area (Å²) in [5.41, 5.74) is 0.683. The predicted octanol–water partition coefficient (Wildman–Crippen LogP) is 5.15. The van der Waals surface area contributed by atoms with E-state index in [0.29, 0.717) is 29.0 Å². The minimum absolute atomic E-state index is 0.118. The van der Waals surface area contributed by atoms with Crippen molar-refractivity contribution in [2.75, 3.05) is 18.5 Å². The van der Waals surface area contributed by atoms with Crippen molar-refractivity contribution in [3.8, 4) is 11.5 Å². The molecule has 0 radical (unpaired) electrons. The lowest BCUT2D eigenvalue weighted by atomic mass is 10.2. The van der Waals surface area contributed by atoms with Crippen LogP contribution in [0.15, 0.2) is 46.9 Å². The van der Waals surface area contributed by atoms with E-state index in [1.165, 1.54) is 0 Å². The zero-order chi connectivity index (χ0) is 17.5. The van der Waals surface area contributed by atoms with E-state index in [2.05, 4.69) is 35.1 Å². The smallest absolute Gasteiger partial charge is 0.262 e. The number of hydrogen-bond acceptors (Lipinski definition) is 3. The monoisotopic (exact) mass is 411 g/mol. The van der Waals surface area contributed by atoms with Crippen LogP contribution in [0.4, 0.5) is 5.69 Å². The van der Waals surface area contributed by atoms with Gasteiger partial charge < -0.3 is 14.8 Å². The molecule has 0 aliphatic rings. The van der Waals surface area contributed by atoms with Crippen LogP contribution in [0.2, 0.25) is 5.02 Å². The largest absolute Gasteiger partial charge is 0.493 e. The number of anilines is 1. The first-order valence-corrected chi connectivity index (χ1v) is 8.71. The number of carbonyl (C=O) groups excluding carboxylic acids is 1. The van der Waals surface area contributed by atoms with Gasteiger partial charge in [-0.05, 0) is 48.4 Å². The topological polar surface area (TPSA) is 47.6 Å². The fraction of sp³-hybridized carbons (Fsp3) is 0.278. The summed E-state index contributed by atoms with van der Waals surface area (Å²) in [6.45, 7) is 4.72. The molecule has 0 aliphatic heterocycles. The maximum absolute atomic E-state index is 11.9. The molecule has 6 heteroatoms. The van der Waals surface area contributed by atoms with Gasteiger partial charge in [0.1, 0.15) is 11.5 Å². The van der Waals surface area contributed by atoms with Crippen molar-refractivity contribution in [1.29, 1.82) is 0 Å². The van der Waals surface area contributed by atoms with E-state index in [-0.39, 0.29) is 12.5 Å². The van der Waals surface area contributed by atoms with Crippen LogP contribution in [0.1, 0.15) is 13.8 Å². The molecular formula is C18H19BrClNO3. The van der Waals surface area contributed by atoms with Gasteiger partial charge in [-0.25, -0.2) is 0 Å². The van der Waals surface area contributed by atoms with E-state index in [9.17, 15) is 4.79 Å². The lowest BCUT2D eigenvalue weighted by Gasteiger charge is -2.11. The first-order valence-electron chi connectivity index (χ1n) is 7.54. The highest BCUT2D eigenvalue weighted by Crippen LogP contribution is 2.27. The first kappa shape index (κ1) is 18.6. The molecule has 2 aromatic rings. The van der Waals surface area contributed by atoms with Crippen molar-refractivity contribution in [3.63, 3.8) is 0 Å². The Morgan fingerprint density at radius 2 is 1.88 bits per heavy atom. The van der Waals surface area contributed by atoms with Crippen molar-refractivity contribution >= 4 is 39.1 Å². The molecule has 24 heavy (non-hydrogen) atoms. The van der Waals surface area contributed by atoms with Crippen LogP contribution < -0.4 is 14.8 Å². The molecule has 0 bridgehead atoms. The molecule has 4 nitrogen and oxygen atoms in total. The zero-order valence-electron chi connectivity index (χ0n) is 13.5. The summed E-state index contributed by atoms with van der Waals surface area (Å²) in [7, 11) is 0. The number of nitrogens with one attached hydrogen (secondary N) is 1. The summed E-state index contributed by atoms with van der Waals surface area (Å²) in [6.07, 6.45) is 0. The summed E-state index contributed by atoms with van der Waals surface area (Å²) in [5, 5.41) is 3.21. The molecule has 0 saturated carbocycles. The summed E-state index contributed by atoms with van der Waals surface area (Å²) >= 11 is 9.36. The minimum Gasteiger partial charge on any atom is -0.493 e. The zero-order valence-corrected chi connectivity index (χ0v) is 15.9. The number of ether oxygens (including phenoxy) is 2. The van der Waals surface area contributed by atoms with Gasteiger partial charge in [0, 0.05) is 10.2 Å². The minimum atomic E-state index is -0.259. The molecule has 0 heterocycles. The number of hydrogen-bond donors (Lipinski definition) is 1. The van der Waals surface area contributed by atoms with E-state index in [1.807, 2.05) is 12.1 Å². The first-order chi connectivity index (χ1) is 11.4. The average molecular weight is 413 g/mol. The van der Waals surface area contributed by atoms with Gasteiger partial charge in [-0.2, -0.15) is 0 Å². The van der Waals surface area contributed by atoms with E-state index in [0.717, 1.165) is 10.2 Å². The molecule has 128 valence electrons. The van der Waals surface area contributed by atoms with Gasteiger partial charge in [0.2, 0.25) is 0 Å². The quantitative estimate of drug-likeness (QED) is 0.684. The Balaban J connectivity index is 1.83. The van der Waals surface area contributed by atoms with Crippen molar-refractivity contribution < 1.29 is 14.3 Å². The van der Waals surface area contributed by atoms with Crippen LogP contribution in [0.3, 0.4) is 0 Å². The standard InChI is InChI=1S/C18H19BrClNO3/c1-12(2)10-23-15-6-4-14(5-7-15)21-18(22)11-24-17-8-3-13(19)9-16(17)20/h3-9,12H,10-11H2,1-2H3,(H,21,22). The van der Waals surface area contributed by atoms with Gasteiger partial charge in [0.25, 0.3) is 5.91 Å². The average Bonchev–Trinajstić information content (AvgIpc) is 2.53. The second-order valence-electron chi connectivity index (χ2n) is 5.64. The molecule has 0 unspecified atom stereocenters. The number of halogens is 2. The Morgan fingerprint density at radius 3 is 2.50 bits per heavy atom. The van der Waals surface area contributed by atoms with E-state index in [4.69, 9.17) is 21.1 Å². The SMILES string of the molecule is CC(C)COc1ccc(NC(=O)COc2ccc(Br)cc2Cl)cc1. The van der Waals surface area contributed by atoms with Gasteiger partial charge in [-0.15, -0.1) is 0 Å². The van der Waals surface area contributed by atoms with E-state index in [1.54, 1.807) is 30.3 Å². The maximum Gasteiger partial charge on any atom is 0.262 e. The molecule has 0 atom stereocenters. The number of benzene rings is 2. The van der Waals surface area contributed by atoms with E-state index < -0.39 is 0 Å². The molecule has 2 rings (SSSR count). The van der Waals surface area contributed by atoms with Crippen LogP contribution in [-0.4, -0.2) is 19.1 Å². The van der Waals surface area contributed by atoms with Crippen LogP contribution in [0, 0.1) is 5.92 Å². The molecule has 0 saturated heterocycles. The fourth-order valence-electron chi connectivity index (χ4n) is 1.83. The third kappa shape index (κ3) is 6.06. The molecule has 2 aromatic carbocycles. The normalized spacial score (nSPS) is 10.5. The lowest BCUT2D eigenvalue weighted by Crippen LogP contribution is -2.20. The van der Waals surface area contributed by atoms with Gasteiger partial charge in [0.05, 0.1) is 11.6 Å². The Kier molecular flexibility index (Phi) is 6.94. The van der Waals surface area contributed by atoms with Crippen molar-refractivity contribution in [2.24, 2.45) is 5.92 Å². The predicted molar refractivity (Wildman–Crippen MR) is 100 cm³/mol. The maximum atomic E-state index is 11.9. The summed E-state index contributed by atoms with van der Waals surface area (Å²) in [6, 6.07) is 12.5. The molecule has 1 amide bonds. The summed E-state index contributed by atoms with van der Waals surface area (Å²) in [4.78, 5) is 11.9. The Hall–Kier alpha value is -1.72. The third-order valence-electron chi connectivity index (χ3n) is 2.97. The Bertz CT molecular complexity index is 689. The highest BCUT2D eigenvalue weighted by atomic mass is 79.9. The highest BCUT2D eigenvalue weighted by Gasteiger charge is 2.07. The number of amides is 1. The van der Waals surface area contributed by atoms with Crippen molar-refractivity contribution in [3.05, 3.63) is 52.0 Å². The lowest BCUT2D eigenvalue weighted by molar-refractivity contribution is -0.118. The number of carbonyl (C=O) groups is 1. The van der Waals surface area contributed by atoms with Gasteiger partial charge in [0.15, 0.2) is 6.61 Å². The van der Waals surface area contributed by atoms with Gasteiger partial charge in [-0.1, -0.05) is 41.4 Å². The molecular weight excluding hydrogens is 394 g/mol. The second-order valence-corrected chi connectivity index (χ2v) is 6.96. The van der Waals surface area contributed by atoms with Gasteiger partial charge in [-0.3, -0.25) is 4.79 Å². The van der Waals surface area contributed by atoms with Crippen LogP contribution >= 0.6 is 27.5 Å². The molecule has 0 aliphatic carbocycles. The third-order valence-corrected chi connectivity index (χ3v) is 3.76. The molecule has 0 fully saturated rings. The van der Waals surface area contributed by atoms with Crippen LogP contribution in [-0.2, 0) is 4.79 Å². The molecule has 0 spiro atoms. The van der Waals surface area contributed by atoms with Crippen LogP contribution in [0.25, 0.3) is 0 Å². The Labute approximate surface area is 155 Å².